The molecular formula is C9H10F3NO6S. The standard InChI is InChI=1S/C9H10F3NO6S/c10-9(11,12)20(16,17)19-7-1-5-3-18-4-6(2-7)13(5)8(14)15/h1,5-6H,2-4H2,(H,14,15). The summed E-state index contributed by atoms with van der Waals surface area (Å²) in [6, 6.07) is -1.63. The normalized spacial score (nSPS) is 26.9. The molecule has 2 aliphatic rings. The molecule has 2 unspecified atom stereocenters. The van der Waals surface area contributed by atoms with Gasteiger partial charge < -0.3 is 14.0 Å². The van der Waals surface area contributed by atoms with E-state index < -0.39 is 39.6 Å². The number of nitrogens with zero attached hydrogens (tertiary/aromatic N) is 1. The molecule has 0 aromatic rings. The number of rotatable bonds is 2. The predicted molar refractivity (Wildman–Crippen MR) is 57.0 cm³/mol. The van der Waals surface area contributed by atoms with Crippen molar-refractivity contribution in [2.45, 2.75) is 24.0 Å². The Labute approximate surface area is 111 Å². The van der Waals surface area contributed by atoms with Gasteiger partial charge in [-0.05, 0) is 6.08 Å². The van der Waals surface area contributed by atoms with Gasteiger partial charge >= 0.3 is 21.7 Å². The average molecular weight is 317 g/mol. The monoisotopic (exact) mass is 317 g/mol. The van der Waals surface area contributed by atoms with Crippen LogP contribution in [0.25, 0.3) is 0 Å². The Balaban J connectivity index is 2.22. The first kappa shape index (κ1) is 14.9. The number of morpholine rings is 1. The summed E-state index contributed by atoms with van der Waals surface area (Å²) in [5.74, 6) is -0.418. The third kappa shape index (κ3) is 2.68. The molecule has 20 heavy (non-hydrogen) atoms. The molecular weight excluding hydrogens is 307 g/mol. The number of halogens is 3. The lowest BCUT2D eigenvalue weighted by Gasteiger charge is -2.42. The summed E-state index contributed by atoms with van der Waals surface area (Å²) in [5, 5.41) is 8.99. The Morgan fingerprint density at radius 1 is 1.45 bits per heavy atom. The highest BCUT2D eigenvalue weighted by Crippen LogP contribution is 2.32. The molecule has 7 nitrogen and oxygen atoms in total. The van der Waals surface area contributed by atoms with E-state index in [0.29, 0.717) is 0 Å². The molecule has 2 heterocycles. The van der Waals surface area contributed by atoms with Crippen LogP contribution in [-0.2, 0) is 19.0 Å². The molecule has 0 spiro atoms. The fraction of sp³-hybridized carbons (Fsp3) is 0.667. The van der Waals surface area contributed by atoms with Crippen LogP contribution >= 0.6 is 0 Å². The van der Waals surface area contributed by atoms with Crippen LogP contribution in [0.3, 0.4) is 0 Å². The summed E-state index contributed by atoms with van der Waals surface area (Å²) in [7, 11) is -5.74. The molecule has 114 valence electrons. The first-order chi connectivity index (χ1) is 9.12. The van der Waals surface area contributed by atoms with Crippen molar-refractivity contribution in [3.63, 3.8) is 0 Å². The number of alkyl halides is 3. The Morgan fingerprint density at radius 2 is 2.10 bits per heavy atom. The maximum atomic E-state index is 12.2. The third-order valence-corrected chi connectivity index (χ3v) is 3.89. The minimum absolute atomic E-state index is 0.0322. The highest BCUT2D eigenvalue weighted by atomic mass is 32.2. The van der Waals surface area contributed by atoms with Gasteiger partial charge in [-0.2, -0.15) is 21.6 Å². The van der Waals surface area contributed by atoms with Crippen molar-refractivity contribution >= 4 is 16.2 Å². The van der Waals surface area contributed by atoms with E-state index in [2.05, 4.69) is 4.18 Å². The van der Waals surface area contributed by atoms with E-state index in [1.165, 1.54) is 0 Å². The number of carboxylic acid groups (broad SMARTS) is 1. The number of ether oxygens (including phenoxy) is 1. The average Bonchev–Trinajstić information content (AvgIpc) is 2.24. The van der Waals surface area contributed by atoms with Crippen LogP contribution in [-0.4, -0.2) is 55.3 Å². The first-order valence-corrected chi connectivity index (χ1v) is 6.83. The van der Waals surface area contributed by atoms with E-state index in [9.17, 15) is 26.4 Å². The zero-order valence-corrected chi connectivity index (χ0v) is 10.6. The first-order valence-electron chi connectivity index (χ1n) is 5.42. The summed E-state index contributed by atoms with van der Waals surface area (Å²) < 4.78 is 67.6. The Morgan fingerprint density at radius 3 is 2.60 bits per heavy atom. The maximum absolute atomic E-state index is 12.2. The third-order valence-electron chi connectivity index (χ3n) is 2.89. The number of fused-ring (bicyclic) bond motifs is 2. The van der Waals surface area contributed by atoms with E-state index in [-0.39, 0.29) is 19.6 Å². The molecule has 2 aliphatic heterocycles. The SMILES string of the molecule is O=C(O)N1C2C=C(OS(=O)(=O)C(F)(F)F)CC1COC2. The lowest BCUT2D eigenvalue weighted by molar-refractivity contribution is -0.0552. The summed E-state index contributed by atoms with van der Waals surface area (Å²) in [6.45, 7) is -0.0999. The van der Waals surface area contributed by atoms with Crippen molar-refractivity contribution in [1.29, 1.82) is 0 Å². The molecule has 0 aliphatic carbocycles. The summed E-state index contributed by atoms with van der Waals surface area (Å²) in [6.07, 6.45) is -0.525. The fourth-order valence-corrected chi connectivity index (χ4v) is 2.60. The van der Waals surface area contributed by atoms with Crippen LogP contribution in [0.1, 0.15) is 6.42 Å². The second-order valence-electron chi connectivity index (χ2n) is 4.27. The van der Waals surface area contributed by atoms with Crippen LogP contribution in [0.5, 0.6) is 0 Å². The van der Waals surface area contributed by atoms with Gasteiger partial charge in [-0.3, -0.25) is 4.90 Å². The number of carbonyl (C=O) groups is 1. The van der Waals surface area contributed by atoms with E-state index in [4.69, 9.17) is 9.84 Å². The van der Waals surface area contributed by atoms with Crippen molar-refractivity contribution in [3.8, 4) is 0 Å². The van der Waals surface area contributed by atoms with E-state index in [1.807, 2.05) is 0 Å². The molecule has 1 saturated heterocycles. The zero-order valence-electron chi connectivity index (χ0n) is 9.83. The van der Waals surface area contributed by atoms with E-state index in [0.717, 1.165) is 11.0 Å². The Kier molecular flexibility index (Phi) is 3.58. The van der Waals surface area contributed by atoms with Crippen molar-refractivity contribution in [3.05, 3.63) is 11.8 Å². The van der Waals surface area contributed by atoms with Gasteiger partial charge in [0.25, 0.3) is 0 Å². The molecule has 2 bridgehead atoms. The van der Waals surface area contributed by atoms with Crippen LogP contribution in [0.4, 0.5) is 18.0 Å². The molecule has 0 radical (unpaired) electrons. The molecule has 1 amide bonds. The predicted octanol–water partition coefficient (Wildman–Crippen LogP) is 0.888. The molecule has 1 N–H and O–H groups in total. The minimum Gasteiger partial charge on any atom is -0.465 e. The smallest absolute Gasteiger partial charge is 0.465 e. The largest absolute Gasteiger partial charge is 0.534 e. The molecule has 0 aromatic carbocycles. The van der Waals surface area contributed by atoms with Crippen LogP contribution in [0, 0.1) is 0 Å². The Bertz CT molecular complexity index is 542. The van der Waals surface area contributed by atoms with Gasteiger partial charge in [-0.25, -0.2) is 4.79 Å². The van der Waals surface area contributed by atoms with Gasteiger partial charge in [-0.15, -0.1) is 0 Å². The second kappa shape index (κ2) is 4.81. The van der Waals surface area contributed by atoms with Crippen LogP contribution in [0.2, 0.25) is 0 Å². The highest BCUT2D eigenvalue weighted by molar-refractivity contribution is 7.87. The molecule has 11 heteroatoms. The van der Waals surface area contributed by atoms with Crippen molar-refractivity contribution in [2.75, 3.05) is 13.2 Å². The Hall–Kier alpha value is -1.49. The highest BCUT2D eigenvalue weighted by Gasteiger charge is 2.50. The van der Waals surface area contributed by atoms with Crippen molar-refractivity contribution in [1.82, 2.24) is 4.90 Å². The van der Waals surface area contributed by atoms with Crippen molar-refractivity contribution < 1.29 is 40.4 Å². The number of hydrogen-bond donors (Lipinski definition) is 1. The maximum Gasteiger partial charge on any atom is 0.534 e. The minimum atomic E-state index is -5.74. The lowest BCUT2D eigenvalue weighted by Crippen LogP contribution is -2.56. The van der Waals surface area contributed by atoms with Gasteiger partial charge in [0.1, 0.15) is 5.76 Å². The van der Waals surface area contributed by atoms with Gasteiger partial charge in [0.15, 0.2) is 0 Å². The summed E-state index contributed by atoms with van der Waals surface area (Å²) in [4.78, 5) is 12.0. The van der Waals surface area contributed by atoms with Crippen molar-refractivity contribution in [2.24, 2.45) is 0 Å². The number of hydrogen-bond acceptors (Lipinski definition) is 5. The molecule has 0 saturated carbocycles. The van der Waals surface area contributed by atoms with Gasteiger partial charge in [0, 0.05) is 6.42 Å². The topological polar surface area (TPSA) is 93.1 Å². The van der Waals surface area contributed by atoms with E-state index in [1.54, 1.807) is 0 Å². The van der Waals surface area contributed by atoms with Gasteiger partial charge in [0.2, 0.25) is 0 Å². The number of amides is 1. The van der Waals surface area contributed by atoms with Crippen LogP contribution < -0.4 is 0 Å². The molecule has 2 atom stereocenters. The fourth-order valence-electron chi connectivity index (χ4n) is 2.10. The lowest BCUT2D eigenvalue weighted by atomic mass is 10.0. The van der Waals surface area contributed by atoms with Gasteiger partial charge in [0.05, 0.1) is 25.3 Å². The molecule has 2 rings (SSSR count). The summed E-state index contributed by atoms with van der Waals surface area (Å²) in [5.41, 5.74) is -5.52. The van der Waals surface area contributed by atoms with Crippen LogP contribution in [0.15, 0.2) is 11.8 Å². The second-order valence-corrected chi connectivity index (χ2v) is 5.81. The molecule has 0 aromatic heterocycles. The molecule has 1 fully saturated rings. The zero-order chi connectivity index (χ0) is 15.1. The van der Waals surface area contributed by atoms with E-state index >= 15 is 0 Å². The van der Waals surface area contributed by atoms with Gasteiger partial charge in [-0.1, -0.05) is 0 Å². The summed E-state index contributed by atoms with van der Waals surface area (Å²) >= 11 is 0. The quantitative estimate of drug-likeness (QED) is 0.600.